The Morgan fingerprint density at radius 3 is 2.70 bits per heavy atom. The van der Waals surface area contributed by atoms with Crippen LogP contribution in [-0.4, -0.2) is 40.4 Å². The van der Waals surface area contributed by atoms with E-state index in [1.807, 2.05) is 48.9 Å². The van der Waals surface area contributed by atoms with Crippen LogP contribution in [0.25, 0.3) is 0 Å². The smallest absolute Gasteiger partial charge is 0.358 e. The topological polar surface area (TPSA) is 95.3 Å². The Bertz CT molecular complexity index is 1010. The molecular formula is C21H24N4O4S. The maximum Gasteiger partial charge on any atom is 0.358 e. The van der Waals surface area contributed by atoms with Crippen molar-refractivity contribution in [3.8, 4) is 0 Å². The molecule has 2 aromatic heterocycles. The molecule has 0 atom stereocenters. The van der Waals surface area contributed by atoms with Gasteiger partial charge in [0.05, 0.1) is 18.8 Å². The lowest BCUT2D eigenvalue weighted by molar-refractivity contribution is -0.124. The van der Waals surface area contributed by atoms with Crippen molar-refractivity contribution in [1.82, 2.24) is 20.1 Å². The van der Waals surface area contributed by atoms with E-state index >= 15 is 0 Å². The normalized spacial score (nSPS) is 10.8. The van der Waals surface area contributed by atoms with E-state index in [9.17, 15) is 9.59 Å². The van der Waals surface area contributed by atoms with Crippen molar-refractivity contribution < 1.29 is 19.1 Å². The summed E-state index contributed by atoms with van der Waals surface area (Å²) in [6.45, 7) is 4.83. The highest BCUT2D eigenvalue weighted by Gasteiger charge is 2.16. The van der Waals surface area contributed by atoms with Crippen molar-refractivity contribution >= 4 is 23.2 Å². The molecule has 1 aromatic carbocycles. The van der Waals surface area contributed by atoms with Crippen LogP contribution >= 0.6 is 11.3 Å². The first-order valence-corrected chi connectivity index (χ1v) is 10.3. The molecule has 0 aliphatic carbocycles. The average molecular weight is 429 g/mol. The Hall–Kier alpha value is -3.04. The molecule has 30 heavy (non-hydrogen) atoms. The number of aromatic nitrogens is 3. The van der Waals surface area contributed by atoms with Gasteiger partial charge in [-0.15, -0.1) is 11.3 Å². The highest BCUT2D eigenvalue weighted by molar-refractivity contribution is 7.09. The number of methoxy groups -OCH3 is 1. The number of ether oxygens (including phenoxy) is 2. The Labute approximate surface area is 178 Å². The molecule has 0 saturated heterocycles. The van der Waals surface area contributed by atoms with E-state index in [4.69, 9.17) is 9.47 Å². The molecule has 0 radical (unpaired) electrons. The van der Waals surface area contributed by atoms with Crippen LogP contribution < -0.4 is 5.32 Å². The van der Waals surface area contributed by atoms with Gasteiger partial charge in [-0.05, 0) is 19.4 Å². The third-order valence-corrected chi connectivity index (χ3v) is 5.35. The zero-order chi connectivity index (χ0) is 21.5. The first-order chi connectivity index (χ1) is 14.5. The zero-order valence-corrected chi connectivity index (χ0v) is 18.0. The molecular weight excluding hydrogens is 404 g/mol. The third-order valence-electron chi connectivity index (χ3n) is 4.53. The summed E-state index contributed by atoms with van der Waals surface area (Å²) in [5.41, 5.74) is 4.13. The van der Waals surface area contributed by atoms with Gasteiger partial charge >= 0.3 is 5.97 Å². The molecule has 2 heterocycles. The van der Waals surface area contributed by atoms with E-state index < -0.39 is 5.97 Å². The number of aryl methyl sites for hydroxylation is 1. The van der Waals surface area contributed by atoms with Crippen LogP contribution in [0, 0.1) is 13.8 Å². The second-order valence-electron chi connectivity index (χ2n) is 6.70. The molecule has 0 unspecified atom stereocenters. The Kier molecular flexibility index (Phi) is 7.31. The number of amides is 1. The second kappa shape index (κ2) is 10.1. The first-order valence-electron chi connectivity index (χ1n) is 9.42. The molecule has 9 heteroatoms. The van der Waals surface area contributed by atoms with Crippen LogP contribution in [-0.2, 0) is 34.0 Å². The van der Waals surface area contributed by atoms with E-state index in [0.29, 0.717) is 24.7 Å². The zero-order valence-electron chi connectivity index (χ0n) is 17.2. The van der Waals surface area contributed by atoms with E-state index in [1.54, 1.807) is 12.5 Å². The van der Waals surface area contributed by atoms with Crippen molar-refractivity contribution in [3.63, 3.8) is 0 Å². The SMILES string of the molecule is COCc1nc(C(=O)OCC(=O)NCc2c(C)nn(Cc3ccccc3)c2C)cs1. The van der Waals surface area contributed by atoms with Crippen LogP contribution in [0.5, 0.6) is 0 Å². The number of carbonyl (C=O) groups is 2. The maximum atomic E-state index is 12.1. The Balaban J connectivity index is 1.51. The summed E-state index contributed by atoms with van der Waals surface area (Å²) >= 11 is 1.30. The molecule has 0 bridgehead atoms. The summed E-state index contributed by atoms with van der Waals surface area (Å²) in [6.07, 6.45) is 0. The minimum absolute atomic E-state index is 0.175. The lowest BCUT2D eigenvalue weighted by Gasteiger charge is -2.08. The molecule has 0 aliphatic rings. The van der Waals surface area contributed by atoms with Crippen molar-refractivity contribution in [2.75, 3.05) is 13.7 Å². The van der Waals surface area contributed by atoms with Crippen LogP contribution in [0.3, 0.4) is 0 Å². The summed E-state index contributed by atoms with van der Waals surface area (Å²) < 4.78 is 11.9. The summed E-state index contributed by atoms with van der Waals surface area (Å²) in [7, 11) is 1.55. The van der Waals surface area contributed by atoms with Crippen LogP contribution in [0.4, 0.5) is 0 Å². The summed E-state index contributed by atoms with van der Waals surface area (Å²) in [6, 6.07) is 10.1. The Morgan fingerprint density at radius 2 is 1.97 bits per heavy atom. The highest BCUT2D eigenvalue weighted by Crippen LogP contribution is 2.15. The molecule has 0 aliphatic heterocycles. The minimum atomic E-state index is -0.633. The molecule has 1 N–H and O–H groups in total. The number of thiazole rings is 1. The first kappa shape index (κ1) is 21.7. The lowest BCUT2D eigenvalue weighted by Crippen LogP contribution is -2.28. The number of nitrogens with zero attached hydrogens (tertiary/aromatic N) is 3. The lowest BCUT2D eigenvalue weighted by atomic mass is 10.2. The fraction of sp³-hybridized carbons (Fsp3) is 0.333. The summed E-state index contributed by atoms with van der Waals surface area (Å²) in [5, 5.41) is 9.62. The fourth-order valence-corrected chi connectivity index (χ4v) is 3.67. The van der Waals surface area contributed by atoms with Gasteiger partial charge in [-0.1, -0.05) is 30.3 Å². The van der Waals surface area contributed by atoms with Gasteiger partial charge in [0.25, 0.3) is 5.91 Å². The van der Waals surface area contributed by atoms with Crippen molar-refractivity contribution in [1.29, 1.82) is 0 Å². The average Bonchev–Trinajstić information content (AvgIpc) is 3.31. The molecule has 0 spiro atoms. The molecule has 3 aromatic rings. The molecule has 0 saturated carbocycles. The second-order valence-corrected chi connectivity index (χ2v) is 7.65. The van der Waals surface area contributed by atoms with E-state index in [2.05, 4.69) is 15.4 Å². The van der Waals surface area contributed by atoms with Gasteiger partial charge in [0.2, 0.25) is 0 Å². The van der Waals surface area contributed by atoms with E-state index in [1.165, 1.54) is 11.3 Å². The monoisotopic (exact) mass is 428 g/mol. The van der Waals surface area contributed by atoms with Gasteiger partial charge in [-0.25, -0.2) is 9.78 Å². The summed E-state index contributed by atoms with van der Waals surface area (Å²) in [4.78, 5) is 28.2. The molecule has 0 fully saturated rings. The van der Waals surface area contributed by atoms with Gasteiger partial charge in [0.15, 0.2) is 12.3 Å². The quantitative estimate of drug-likeness (QED) is 0.527. The van der Waals surface area contributed by atoms with Gasteiger partial charge in [-0.2, -0.15) is 5.10 Å². The number of esters is 1. The predicted octanol–water partition coefficient (Wildman–Crippen LogP) is 2.62. The van der Waals surface area contributed by atoms with Crippen molar-refractivity contribution in [2.24, 2.45) is 0 Å². The van der Waals surface area contributed by atoms with Crippen LogP contribution in [0.2, 0.25) is 0 Å². The molecule has 158 valence electrons. The fourth-order valence-electron chi connectivity index (χ4n) is 2.94. The van der Waals surface area contributed by atoms with Gasteiger partial charge in [0.1, 0.15) is 5.01 Å². The molecule has 8 nitrogen and oxygen atoms in total. The minimum Gasteiger partial charge on any atom is -0.451 e. The van der Waals surface area contributed by atoms with Gasteiger partial charge in [-0.3, -0.25) is 9.48 Å². The Morgan fingerprint density at radius 1 is 1.20 bits per heavy atom. The predicted molar refractivity (Wildman–Crippen MR) is 112 cm³/mol. The number of hydrogen-bond donors (Lipinski definition) is 1. The molecule has 3 rings (SSSR count). The van der Waals surface area contributed by atoms with Crippen molar-refractivity contribution in [2.45, 2.75) is 33.5 Å². The largest absolute Gasteiger partial charge is 0.451 e. The maximum absolute atomic E-state index is 12.1. The van der Waals surface area contributed by atoms with Gasteiger partial charge in [0, 0.05) is 30.3 Å². The van der Waals surface area contributed by atoms with Crippen LogP contribution in [0.1, 0.15) is 38.0 Å². The highest BCUT2D eigenvalue weighted by atomic mass is 32.1. The number of benzene rings is 1. The number of nitrogens with one attached hydrogen (secondary N) is 1. The number of rotatable bonds is 9. The molecule has 1 amide bonds. The third kappa shape index (κ3) is 5.52. The number of hydrogen-bond acceptors (Lipinski definition) is 7. The van der Waals surface area contributed by atoms with E-state index in [-0.39, 0.29) is 18.2 Å². The van der Waals surface area contributed by atoms with Gasteiger partial charge < -0.3 is 14.8 Å². The van der Waals surface area contributed by atoms with Crippen LogP contribution in [0.15, 0.2) is 35.7 Å². The summed E-state index contributed by atoms with van der Waals surface area (Å²) in [5.74, 6) is -1.02. The standard InChI is InChI=1S/C21H24N4O4S/c1-14-17(15(2)25(24-14)10-16-7-5-4-6-8-16)9-22-19(26)11-29-21(27)18-13-30-20(23-18)12-28-3/h4-8,13H,9-12H2,1-3H3,(H,22,26). The van der Waals surface area contributed by atoms with E-state index in [0.717, 1.165) is 22.5 Å². The van der Waals surface area contributed by atoms with Crippen molar-refractivity contribution in [3.05, 3.63) is 68.9 Å². The number of carbonyl (C=O) groups excluding carboxylic acids is 2.